The van der Waals surface area contributed by atoms with Crippen LogP contribution in [0, 0.1) is 16.7 Å². The highest BCUT2D eigenvalue weighted by molar-refractivity contribution is 6.18. The molecular weight excluding hydrogens is 220 g/mol. The Balaban J connectivity index is 2.57. The van der Waals surface area contributed by atoms with Crippen LogP contribution in [0.2, 0.25) is 0 Å². The van der Waals surface area contributed by atoms with Crippen LogP contribution in [-0.2, 0) is 6.54 Å². The third-order valence-electron chi connectivity index (χ3n) is 2.61. The first-order valence-corrected chi connectivity index (χ1v) is 5.86. The zero-order chi connectivity index (χ0) is 12.0. The van der Waals surface area contributed by atoms with Gasteiger partial charge < -0.3 is 0 Å². The fourth-order valence-corrected chi connectivity index (χ4v) is 1.54. The van der Waals surface area contributed by atoms with Crippen LogP contribution in [0.5, 0.6) is 0 Å². The maximum Gasteiger partial charge on any atom is 0.102 e. The number of hydrogen-bond acceptors (Lipinski definition) is 2. The summed E-state index contributed by atoms with van der Waals surface area (Å²) in [7, 11) is 0. The molecular formula is C13H17ClN2. The lowest BCUT2D eigenvalue weighted by Crippen LogP contribution is -2.41. The number of nitrogens with zero attached hydrogens (tertiary/aromatic N) is 1. The Morgan fingerprint density at radius 2 is 2.00 bits per heavy atom. The molecule has 0 aliphatic heterocycles. The Kier molecular flexibility index (Phi) is 4.79. The van der Waals surface area contributed by atoms with Crippen molar-refractivity contribution >= 4 is 11.6 Å². The van der Waals surface area contributed by atoms with Gasteiger partial charge in [0.25, 0.3) is 0 Å². The van der Waals surface area contributed by atoms with Crippen molar-refractivity contribution in [1.82, 2.24) is 5.32 Å². The summed E-state index contributed by atoms with van der Waals surface area (Å²) in [6.07, 6.45) is 0. The van der Waals surface area contributed by atoms with Crippen molar-refractivity contribution < 1.29 is 0 Å². The molecule has 0 aromatic heterocycles. The molecule has 16 heavy (non-hydrogen) atoms. The maximum atomic E-state index is 9.10. The minimum atomic E-state index is -0.231. The molecule has 1 aromatic carbocycles. The van der Waals surface area contributed by atoms with E-state index in [1.165, 1.54) is 5.56 Å². The number of alkyl halides is 1. The van der Waals surface area contributed by atoms with Gasteiger partial charge in [0, 0.05) is 17.8 Å². The fourth-order valence-electron chi connectivity index (χ4n) is 1.39. The smallest absolute Gasteiger partial charge is 0.102 e. The summed E-state index contributed by atoms with van der Waals surface area (Å²) < 4.78 is 0. The molecule has 3 heteroatoms. The Morgan fingerprint density at radius 3 is 2.50 bits per heavy atom. The molecule has 1 aromatic rings. The van der Waals surface area contributed by atoms with Crippen molar-refractivity contribution in [3.63, 3.8) is 0 Å². The molecule has 1 rings (SSSR count). The molecule has 0 aliphatic carbocycles. The highest BCUT2D eigenvalue weighted by atomic mass is 35.5. The summed E-state index contributed by atoms with van der Waals surface area (Å²) in [5.74, 6) is 0.465. The second-order valence-corrected chi connectivity index (χ2v) is 4.82. The third kappa shape index (κ3) is 3.52. The SMILES string of the molecule is CC(C)(CCl)C(C#N)NCc1ccccc1. The Bertz CT molecular complexity index is 354. The van der Waals surface area contributed by atoms with Crippen molar-refractivity contribution in [3.05, 3.63) is 35.9 Å². The summed E-state index contributed by atoms with van der Waals surface area (Å²) in [5, 5.41) is 12.3. The van der Waals surface area contributed by atoms with Gasteiger partial charge in [-0.15, -0.1) is 11.6 Å². The molecule has 0 radical (unpaired) electrons. The lowest BCUT2D eigenvalue weighted by molar-refractivity contribution is 0.324. The zero-order valence-corrected chi connectivity index (χ0v) is 10.5. The number of nitriles is 1. The largest absolute Gasteiger partial charge is 0.297 e. The molecule has 0 saturated carbocycles. The van der Waals surface area contributed by atoms with Gasteiger partial charge in [0.2, 0.25) is 0 Å². The number of hydrogen-bond donors (Lipinski definition) is 1. The van der Waals surface area contributed by atoms with E-state index >= 15 is 0 Å². The average molecular weight is 237 g/mol. The van der Waals surface area contributed by atoms with Crippen LogP contribution >= 0.6 is 11.6 Å². The van der Waals surface area contributed by atoms with Crippen molar-refractivity contribution in [2.75, 3.05) is 5.88 Å². The molecule has 1 atom stereocenters. The fraction of sp³-hybridized carbons (Fsp3) is 0.462. The van der Waals surface area contributed by atoms with Gasteiger partial charge in [-0.1, -0.05) is 44.2 Å². The Labute approximate surface area is 102 Å². The molecule has 2 nitrogen and oxygen atoms in total. The second-order valence-electron chi connectivity index (χ2n) is 4.55. The molecule has 1 unspecified atom stereocenters. The summed E-state index contributed by atoms with van der Waals surface area (Å²) in [5.41, 5.74) is 0.957. The van der Waals surface area contributed by atoms with Gasteiger partial charge in [-0.25, -0.2) is 0 Å². The van der Waals surface area contributed by atoms with Crippen molar-refractivity contribution in [2.24, 2.45) is 5.41 Å². The second kappa shape index (κ2) is 5.89. The Hall–Kier alpha value is -1.04. The van der Waals surface area contributed by atoms with Gasteiger partial charge in [0.05, 0.1) is 6.07 Å². The normalized spacial score (nSPS) is 13.1. The molecule has 1 N–H and O–H groups in total. The molecule has 0 fully saturated rings. The van der Waals surface area contributed by atoms with E-state index in [9.17, 15) is 0 Å². The number of benzene rings is 1. The molecule has 0 amide bonds. The average Bonchev–Trinajstić information content (AvgIpc) is 2.31. The first kappa shape index (κ1) is 13.0. The first-order valence-electron chi connectivity index (χ1n) is 5.33. The summed E-state index contributed by atoms with van der Waals surface area (Å²) in [6, 6.07) is 12.1. The van der Waals surface area contributed by atoms with Gasteiger partial charge in [-0.05, 0) is 5.56 Å². The van der Waals surface area contributed by atoms with Gasteiger partial charge in [0.15, 0.2) is 0 Å². The van der Waals surface area contributed by atoms with Crippen LogP contribution in [-0.4, -0.2) is 11.9 Å². The van der Waals surface area contributed by atoms with Crippen LogP contribution < -0.4 is 5.32 Å². The van der Waals surface area contributed by atoms with E-state index in [1.807, 2.05) is 44.2 Å². The summed E-state index contributed by atoms with van der Waals surface area (Å²) in [6.45, 7) is 4.68. The van der Waals surface area contributed by atoms with E-state index < -0.39 is 0 Å². The van der Waals surface area contributed by atoms with Gasteiger partial charge in [-0.2, -0.15) is 5.26 Å². The van der Waals surface area contributed by atoms with Crippen molar-refractivity contribution in [1.29, 1.82) is 5.26 Å². The van der Waals surface area contributed by atoms with Crippen LogP contribution in [0.25, 0.3) is 0 Å². The maximum absolute atomic E-state index is 9.10. The van der Waals surface area contributed by atoms with Gasteiger partial charge in [-0.3, -0.25) is 5.32 Å². The third-order valence-corrected chi connectivity index (χ3v) is 3.30. The van der Waals surface area contributed by atoms with Crippen LogP contribution in [0.3, 0.4) is 0 Å². The predicted molar refractivity (Wildman–Crippen MR) is 67.2 cm³/mol. The van der Waals surface area contributed by atoms with E-state index in [4.69, 9.17) is 16.9 Å². The van der Waals surface area contributed by atoms with E-state index in [1.54, 1.807) is 0 Å². The zero-order valence-electron chi connectivity index (χ0n) is 9.70. The molecule has 0 aliphatic rings. The van der Waals surface area contributed by atoms with Crippen LogP contribution in [0.15, 0.2) is 30.3 Å². The number of rotatable bonds is 5. The molecule has 0 saturated heterocycles. The summed E-state index contributed by atoms with van der Waals surface area (Å²) in [4.78, 5) is 0. The lowest BCUT2D eigenvalue weighted by atomic mass is 9.87. The quantitative estimate of drug-likeness (QED) is 0.798. The standard InChI is InChI=1S/C13H17ClN2/c1-13(2,10-14)12(8-15)16-9-11-6-4-3-5-7-11/h3-7,12,16H,9-10H2,1-2H3. The topological polar surface area (TPSA) is 35.8 Å². The molecule has 0 spiro atoms. The Morgan fingerprint density at radius 1 is 1.38 bits per heavy atom. The van der Waals surface area contributed by atoms with Gasteiger partial charge >= 0.3 is 0 Å². The number of halogens is 1. The lowest BCUT2D eigenvalue weighted by Gasteiger charge is -2.28. The number of nitrogens with one attached hydrogen (secondary N) is 1. The molecule has 86 valence electrons. The van der Waals surface area contributed by atoms with E-state index in [2.05, 4.69) is 11.4 Å². The predicted octanol–water partition coefficient (Wildman–Crippen LogP) is 2.93. The minimum Gasteiger partial charge on any atom is -0.297 e. The van der Waals surface area contributed by atoms with Crippen molar-refractivity contribution in [2.45, 2.75) is 26.4 Å². The molecule has 0 bridgehead atoms. The van der Waals surface area contributed by atoms with Gasteiger partial charge in [0.1, 0.15) is 6.04 Å². The first-order chi connectivity index (χ1) is 7.60. The van der Waals surface area contributed by atoms with E-state index in [0.29, 0.717) is 12.4 Å². The highest BCUT2D eigenvalue weighted by Crippen LogP contribution is 2.22. The summed E-state index contributed by atoms with van der Waals surface area (Å²) >= 11 is 5.86. The van der Waals surface area contributed by atoms with Crippen molar-refractivity contribution in [3.8, 4) is 6.07 Å². The highest BCUT2D eigenvalue weighted by Gasteiger charge is 2.28. The van der Waals surface area contributed by atoms with E-state index in [0.717, 1.165) is 0 Å². The molecule has 0 heterocycles. The van der Waals surface area contributed by atoms with Crippen LogP contribution in [0.1, 0.15) is 19.4 Å². The monoisotopic (exact) mass is 236 g/mol. The van der Waals surface area contributed by atoms with Crippen LogP contribution in [0.4, 0.5) is 0 Å². The minimum absolute atomic E-state index is 0.217. The van der Waals surface area contributed by atoms with E-state index in [-0.39, 0.29) is 11.5 Å².